The van der Waals surface area contributed by atoms with E-state index >= 15 is 0 Å². The molecule has 0 atom stereocenters. The maximum atomic E-state index is 11.9. The topological polar surface area (TPSA) is 97.1 Å². The van der Waals surface area contributed by atoms with Crippen molar-refractivity contribution in [1.82, 2.24) is 20.3 Å². The summed E-state index contributed by atoms with van der Waals surface area (Å²) in [6.07, 6.45) is 8.15. The fourth-order valence-corrected chi connectivity index (χ4v) is 2.90. The second kappa shape index (κ2) is 7.19. The monoisotopic (exact) mass is 294 g/mol. The van der Waals surface area contributed by atoms with Crippen LogP contribution in [0.4, 0.5) is 0 Å². The van der Waals surface area contributed by atoms with Crippen LogP contribution in [0, 0.1) is 5.92 Å². The van der Waals surface area contributed by atoms with E-state index in [2.05, 4.69) is 22.6 Å². The first-order valence-electron chi connectivity index (χ1n) is 7.51. The molecule has 2 N–H and O–H groups in total. The van der Waals surface area contributed by atoms with Crippen molar-refractivity contribution in [1.29, 1.82) is 0 Å². The molecule has 1 heterocycles. The molecule has 21 heavy (non-hydrogen) atoms. The Morgan fingerprint density at radius 3 is 2.67 bits per heavy atom. The van der Waals surface area contributed by atoms with Crippen LogP contribution in [0.15, 0.2) is 6.20 Å². The number of carboxylic acids is 1. The van der Waals surface area contributed by atoms with E-state index in [1.807, 2.05) is 0 Å². The van der Waals surface area contributed by atoms with E-state index in [-0.39, 0.29) is 24.2 Å². The Labute approximate surface area is 123 Å². The van der Waals surface area contributed by atoms with Crippen molar-refractivity contribution in [2.24, 2.45) is 5.92 Å². The van der Waals surface area contributed by atoms with Gasteiger partial charge >= 0.3 is 5.97 Å². The van der Waals surface area contributed by atoms with Gasteiger partial charge in [-0.3, -0.25) is 4.79 Å². The molecule has 0 aliphatic heterocycles. The molecule has 0 bridgehead atoms. The molecule has 0 radical (unpaired) electrons. The minimum atomic E-state index is -1.14. The van der Waals surface area contributed by atoms with Gasteiger partial charge in [0, 0.05) is 6.04 Å². The quantitative estimate of drug-likeness (QED) is 0.827. The molecule has 0 unspecified atom stereocenters. The van der Waals surface area contributed by atoms with E-state index in [1.165, 1.54) is 36.6 Å². The van der Waals surface area contributed by atoms with Gasteiger partial charge in [0.15, 0.2) is 5.69 Å². The van der Waals surface area contributed by atoms with Crippen molar-refractivity contribution < 1.29 is 14.7 Å². The van der Waals surface area contributed by atoms with Crippen molar-refractivity contribution in [2.75, 3.05) is 0 Å². The number of nitrogens with one attached hydrogen (secondary N) is 1. The lowest BCUT2D eigenvalue weighted by Crippen LogP contribution is -2.39. The van der Waals surface area contributed by atoms with Gasteiger partial charge in [0.2, 0.25) is 5.91 Å². The molecule has 7 heteroatoms. The zero-order valence-electron chi connectivity index (χ0n) is 12.3. The van der Waals surface area contributed by atoms with Gasteiger partial charge in [0.25, 0.3) is 0 Å². The van der Waals surface area contributed by atoms with Crippen LogP contribution in [-0.2, 0) is 11.3 Å². The first-order chi connectivity index (χ1) is 10.1. The minimum Gasteiger partial charge on any atom is -0.476 e. The molecule has 1 aromatic heterocycles. The van der Waals surface area contributed by atoms with Crippen LogP contribution < -0.4 is 5.32 Å². The first kappa shape index (κ1) is 15.5. The standard InChI is InChI=1S/C14H22N4O3/c1-2-3-10-4-6-11(7-5-10)15-13(19)9-18-8-12(14(20)21)16-17-18/h8,10-11H,2-7,9H2,1H3,(H,15,19)(H,20,21). The van der Waals surface area contributed by atoms with Crippen LogP contribution in [0.3, 0.4) is 0 Å². The fourth-order valence-electron chi connectivity index (χ4n) is 2.90. The Balaban J connectivity index is 1.76. The van der Waals surface area contributed by atoms with Gasteiger partial charge in [-0.05, 0) is 31.6 Å². The van der Waals surface area contributed by atoms with Gasteiger partial charge in [-0.1, -0.05) is 25.0 Å². The predicted octanol–water partition coefficient (Wildman–Crippen LogP) is 1.45. The van der Waals surface area contributed by atoms with E-state index in [1.54, 1.807) is 0 Å². The summed E-state index contributed by atoms with van der Waals surface area (Å²) in [5.74, 6) is -0.483. The summed E-state index contributed by atoms with van der Waals surface area (Å²) in [6.45, 7) is 2.21. The highest BCUT2D eigenvalue weighted by atomic mass is 16.4. The maximum Gasteiger partial charge on any atom is 0.358 e. The largest absolute Gasteiger partial charge is 0.476 e. The third-order valence-corrected chi connectivity index (χ3v) is 3.97. The van der Waals surface area contributed by atoms with Gasteiger partial charge < -0.3 is 10.4 Å². The number of carbonyl (C=O) groups excluding carboxylic acids is 1. The molecule has 1 aliphatic carbocycles. The van der Waals surface area contributed by atoms with E-state index in [4.69, 9.17) is 5.11 Å². The Kier molecular flexibility index (Phi) is 5.30. The predicted molar refractivity (Wildman–Crippen MR) is 75.8 cm³/mol. The lowest BCUT2D eigenvalue weighted by Gasteiger charge is -2.28. The Bertz CT molecular complexity index is 492. The van der Waals surface area contributed by atoms with Gasteiger partial charge in [-0.15, -0.1) is 5.10 Å². The summed E-state index contributed by atoms with van der Waals surface area (Å²) in [5, 5.41) is 18.9. The summed E-state index contributed by atoms with van der Waals surface area (Å²) >= 11 is 0. The Morgan fingerprint density at radius 1 is 1.38 bits per heavy atom. The fraction of sp³-hybridized carbons (Fsp3) is 0.714. The molecule has 1 aromatic rings. The minimum absolute atomic E-state index is 0.00910. The lowest BCUT2D eigenvalue weighted by atomic mass is 9.83. The van der Waals surface area contributed by atoms with E-state index in [0.29, 0.717) is 0 Å². The van der Waals surface area contributed by atoms with Crippen molar-refractivity contribution >= 4 is 11.9 Å². The summed E-state index contributed by atoms with van der Waals surface area (Å²) in [6, 6.07) is 0.230. The maximum absolute atomic E-state index is 11.9. The molecule has 0 aromatic carbocycles. The van der Waals surface area contributed by atoms with Gasteiger partial charge in [-0.2, -0.15) is 0 Å². The number of hydrogen-bond acceptors (Lipinski definition) is 4. The van der Waals surface area contributed by atoms with Gasteiger partial charge in [0.05, 0.1) is 6.20 Å². The third kappa shape index (κ3) is 4.54. The molecule has 0 spiro atoms. The molecule has 0 saturated heterocycles. The van der Waals surface area contributed by atoms with E-state index < -0.39 is 5.97 Å². The average Bonchev–Trinajstić information content (AvgIpc) is 2.90. The van der Waals surface area contributed by atoms with Crippen LogP contribution in [0.5, 0.6) is 0 Å². The highest BCUT2D eigenvalue weighted by molar-refractivity contribution is 5.84. The van der Waals surface area contributed by atoms with Crippen molar-refractivity contribution in [3.63, 3.8) is 0 Å². The van der Waals surface area contributed by atoms with Crippen LogP contribution in [-0.4, -0.2) is 38.0 Å². The highest BCUT2D eigenvalue weighted by Gasteiger charge is 2.22. The number of hydrogen-bond donors (Lipinski definition) is 2. The summed E-state index contributed by atoms with van der Waals surface area (Å²) < 4.78 is 1.25. The normalized spacial score (nSPS) is 22.0. The third-order valence-electron chi connectivity index (χ3n) is 3.97. The molecule has 1 saturated carbocycles. The number of aromatic nitrogens is 3. The van der Waals surface area contributed by atoms with Crippen LogP contribution in [0.1, 0.15) is 55.9 Å². The number of aromatic carboxylic acids is 1. The average molecular weight is 294 g/mol. The number of rotatable bonds is 6. The van der Waals surface area contributed by atoms with E-state index in [0.717, 1.165) is 18.8 Å². The van der Waals surface area contributed by atoms with Crippen molar-refractivity contribution in [2.45, 2.75) is 58.0 Å². The van der Waals surface area contributed by atoms with Crippen LogP contribution in [0.25, 0.3) is 0 Å². The zero-order chi connectivity index (χ0) is 15.2. The van der Waals surface area contributed by atoms with Gasteiger partial charge in [0.1, 0.15) is 6.54 Å². The number of carbonyl (C=O) groups is 2. The smallest absolute Gasteiger partial charge is 0.358 e. The van der Waals surface area contributed by atoms with Crippen molar-refractivity contribution in [3.05, 3.63) is 11.9 Å². The first-order valence-corrected chi connectivity index (χ1v) is 7.51. The zero-order valence-corrected chi connectivity index (χ0v) is 12.3. The highest BCUT2D eigenvalue weighted by Crippen LogP contribution is 2.27. The summed E-state index contributed by atoms with van der Waals surface area (Å²) in [5.41, 5.74) is -0.150. The molecule has 2 rings (SSSR count). The molecular formula is C14H22N4O3. The molecular weight excluding hydrogens is 272 g/mol. The molecule has 1 fully saturated rings. The number of nitrogens with zero attached hydrogens (tertiary/aromatic N) is 3. The molecule has 7 nitrogen and oxygen atoms in total. The SMILES string of the molecule is CCCC1CCC(NC(=O)Cn2cc(C(=O)O)nn2)CC1. The summed E-state index contributed by atoms with van der Waals surface area (Å²) in [4.78, 5) is 22.6. The molecule has 116 valence electrons. The number of carboxylic acid groups (broad SMARTS) is 1. The van der Waals surface area contributed by atoms with Crippen molar-refractivity contribution in [3.8, 4) is 0 Å². The number of amides is 1. The van der Waals surface area contributed by atoms with Gasteiger partial charge in [-0.25, -0.2) is 9.48 Å². The summed E-state index contributed by atoms with van der Waals surface area (Å²) in [7, 11) is 0. The second-order valence-corrected chi connectivity index (χ2v) is 5.68. The lowest BCUT2D eigenvalue weighted by molar-refractivity contribution is -0.122. The van der Waals surface area contributed by atoms with E-state index in [9.17, 15) is 9.59 Å². The Hall–Kier alpha value is -1.92. The Morgan fingerprint density at radius 2 is 2.10 bits per heavy atom. The van der Waals surface area contributed by atoms with Crippen LogP contribution in [0.2, 0.25) is 0 Å². The second-order valence-electron chi connectivity index (χ2n) is 5.68. The van der Waals surface area contributed by atoms with Crippen LogP contribution >= 0.6 is 0 Å². The molecule has 1 aliphatic rings. The molecule has 1 amide bonds.